The van der Waals surface area contributed by atoms with E-state index < -0.39 is 8.56 Å². The van der Waals surface area contributed by atoms with Crippen LogP contribution in [0.5, 0.6) is 0 Å². The van der Waals surface area contributed by atoms with Crippen LogP contribution in [0.2, 0.25) is 12.1 Å². The van der Waals surface area contributed by atoms with Crippen molar-refractivity contribution in [1.29, 1.82) is 0 Å². The van der Waals surface area contributed by atoms with Crippen molar-refractivity contribution in [2.75, 3.05) is 6.61 Å². The summed E-state index contributed by atoms with van der Waals surface area (Å²) in [7, 11) is -1.94. The van der Waals surface area contributed by atoms with Crippen LogP contribution in [-0.4, -0.2) is 20.8 Å². The predicted octanol–water partition coefficient (Wildman–Crippen LogP) is 4.63. The summed E-state index contributed by atoms with van der Waals surface area (Å²) in [5.41, 5.74) is 0.763. The Labute approximate surface area is 114 Å². The molecule has 2 fully saturated rings. The van der Waals surface area contributed by atoms with Crippen LogP contribution >= 0.6 is 0 Å². The van der Waals surface area contributed by atoms with Crippen LogP contribution in [0, 0.1) is 5.92 Å². The molecule has 0 aromatic heterocycles. The molecule has 0 spiro atoms. The average Bonchev–Trinajstić information content (AvgIpc) is 3.14. The van der Waals surface area contributed by atoms with E-state index in [1.807, 2.05) is 0 Å². The minimum absolute atomic E-state index is 0.0130. The molecule has 0 aromatic carbocycles. The molecule has 2 nitrogen and oxygen atoms in total. The minimum Gasteiger partial charge on any atom is -0.394 e. The first-order valence-electron chi connectivity index (χ1n) is 7.82. The lowest BCUT2D eigenvalue weighted by Crippen LogP contribution is -2.50. The topological polar surface area (TPSA) is 18.5 Å². The zero-order valence-corrected chi connectivity index (χ0v) is 13.6. The Kier molecular flexibility index (Phi) is 4.55. The normalized spacial score (nSPS) is 26.0. The number of hydrogen-bond donors (Lipinski definition) is 0. The first kappa shape index (κ1) is 14.5. The van der Waals surface area contributed by atoms with E-state index in [1.54, 1.807) is 0 Å². The molecule has 0 aliphatic heterocycles. The van der Waals surface area contributed by atoms with Gasteiger partial charge >= 0.3 is 8.56 Å². The smallest absolute Gasteiger partial charge is 0.338 e. The number of rotatable bonds is 6. The van der Waals surface area contributed by atoms with E-state index in [9.17, 15) is 0 Å². The molecule has 18 heavy (non-hydrogen) atoms. The Morgan fingerprint density at radius 3 is 2.17 bits per heavy atom. The second-order valence-electron chi connectivity index (χ2n) is 6.76. The zero-order chi connectivity index (χ0) is 13.2. The third kappa shape index (κ3) is 3.37. The predicted molar refractivity (Wildman–Crippen MR) is 78.0 cm³/mol. The Balaban J connectivity index is 1.99. The van der Waals surface area contributed by atoms with Gasteiger partial charge in [-0.25, -0.2) is 0 Å². The van der Waals surface area contributed by atoms with Crippen LogP contribution in [0.1, 0.15) is 65.7 Å². The quantitative estimate of drug-likeness (QED) is 0.655. The molecule has 0 saturated heterocycles. The van der Waals surface area contributed by atoms with Crippen molar-refractivity contribution in [3.05, 3.63) is 0 Å². The van der Waals surface area contributed by atoms with Crippen molar-refractivity contribution < 1.29 is 8.85 Å². The maximum atomic E-state index is 6.65. The molecule has 0 aromatic rings. The van der Waals surface area contributed by atoms with Gasteiger partial charge < -0.3 is 8.85 Å². The Bertz CT molecular complexity index is 270. The fourth-order valence-corrected chi connectivity index (χ4v) is 6.99. The van der Waals surface area contributed by atoms with Crippen LogP contribution in [0.3, 0.4) is 0 Å². The van der Waals surface area contributed by atoms with E-state index in [0.717, 1.165) is 18.1 Å². The molecule has 2 aliphatic rings. The van der Waals surface area contributed by atoms with Gasteiger partial charge in [-0.3, -0.25) is 0 Å². The zero-order valence-electron chi connectivity index (χ0n) is 12.6. The third-order valence-electron chi connectivity index (χ3n) is 4.80. The first-order chi connectivity index (χ1) is 8.48. The van der Waals surface area contributed by atoms with Gasteiger partial charge in [-0.1, -0.05) is 19.3 Å². The van der Waals surface area contributed by atoms with E-state index in [4.69, 9.17) is 8.85 Å². The molecule has 0 heterocycles. The van der Waals surface area contributed by atoms with Crippen LogP contribution in [0.4, 0.5) is 0 Å². The lowest BCUT2D eigenvalue weighted by atomic mass is 9.79. The molecule has 1 atom stereocenters. The van der Waals surface area contributed by atoms with Crippen LogP contribution in [0.15, 0.2) is 0 Å². The van der Waals surface area contributed by atoms with E-state index in [0.29, 0.717) is 0 Å². The van der Waals surface area contributed by atoms with Gasteiger partial charge in [0.2, 0.25) is 0 Å². The second kappa shape index (κ2) is 5.64. The molecule has 3 heteroatoms. The molecule has 2 aliphatic carbocycles. The largest absolute Gasteiger partial charge is 0.394 e. The van der Waals surface area contributed by atoms with Crippen LogP contribution in [-0.2, 0) is 8.85 Å². The van der Waals surface area contributed by atoms with E-state index >= 15 is 0 Å². The van der Waals surface area contributed by atoms with Crippen molar-refractivity contribution >= 4 is 8.56 Å². The lowest BCUT2D eigenvalue weighted by molar-refractivity contribution is -0.0106. The summed E-state index contributed by atoms with van der Waals surface area (Å²) >= 11 is 0. The summed E-state index contributed by atoms with van der Waals surface area (Å²) in [6, 6.07) is 0. The van der Waals surface area contributed by atoms with E-state index in [2.05, 4.69) is 27.3 Å². The molecule has 1 unspecified atom stereocenters. The minimum atomic E-state index is -1.94. The van der Waals surface area contributed by atoms with Crippen LogP contribution < -0.4 is 0 Å². The number of hydrogen-bond acceptors (Lipinski definition) is 2. The van der Waals surface area contributed by atoms with Gasteiger partial charge in [-0.2, -0.15) is 0 Å². The first-order valence-corrected chi connectivity index (χ1v) is 10.2. The summed E-state index contributed by atoms with van der Waals surface area (Å²) in [5.74, 6) is 0.734. The Hall–Kier alpha value is 0.137. The highest BCUT2D eigenvalue weighted by Gasteiger charge is 2.51. The van der Waals surface area contributed by atoms with Gasteiger partial charge in [0.05, 0.1) is 5.60 Å². The van der Waals surface area contributed by atoms with E-state index in [-0.39, 0.29) is 5.60 Å². The maximum absolute atomic E-state index is 6.65. The summed E-state index contributed by atoms with van der Waals surface area (Å²) in [6.45, 7) is 9.80. The van der Waals surface area contributed by atoms with Gasteiger partial charge in [0.25, 0.3) is 0 Å². The highest BCUT2D eigenvalue weighted by atomic mass is 28.4. The summed E-state index contributed by atoms with van der Waals surface area (Å²) in [4.78, 5) is 0. The fourth-order valence-electron chi connectivity index (χ4n) is 3.53. The van der Waals surface area contributed by atoms with Gasteiger partial charge in [0.15, 0.2) is 0 Å². The monoisotopic (exact) mass is 270 g/mol. The van der Waals surface area contributed by atoms with Crippen molar-refractivity contribution in [2.45, 2.75) is 83.4 Å². The highest BCUT2D eigenvalue weighted by Crippen LogP contribution is 2.49. The van der Waals surface area contributed by atoms with Crippen molar-refractivity contribution in [3.63, 3.8) is 0 Å². The molecule has 2 rings (SSSR count). The van der Waals surface area contributed by atoms with Gasteiger partial charge in [-0.15, -0.1) is 0 Å². The average molecular weight is 270 g/mol. The standard InChI is InChI=1S/C15H30O2Si/c1-5-16-18(4,14-11-12-14)17-15(2,3)13-9-7-6-8-10-13/h13-14H,5-12H2,1-4H3. The highest BCUT2D eigenvalue weighted by molar-refractivity contribution is 6.68. The van der Waals surface area contributed by atoms with Gasteiger partial charge in [-0.05, 0) is 58.9 Å². The van der Waals surface area contributed by atoms with Crippen molar-refractivity contribution in [3.8, 4) is 0 Å². The summed E-state index contributed by atoms with van der Waals surface area (Å²) in [6.07, 6.45) is 9.51. The second-order valence-corrected chi connectivity index (χ2v) is 10.1. The summed E-state index contributed by atoms with van der Waals surface area (Å²) in [5, 5.41) is 0. The molecule has 2 saturated carbocycles. The SMILES string of the molecule is CCO[Si](C)(OC(C)(C)C1CCCCC1)C1CC1. The molecule has 106 valence electrons. The summed E-state index contributed by atoms with van der Waals surface area (Å²) < 4.78 is 12.7. The molecule has 0 radical (unpaired) electrons. The molecular weight excluding hydrogens is 240 g/mol. The maximum Gasteiger partial charge on any atom is 0.338 e. The Morgan fingerprint density at radius 2 is 1.67 bits per heavy atom. The molecular formula is C15H30O2Si. The van der Waals surface area contributed by atoms with Crippen molar-refractivity contribution in [1.82, 2.24) is 0 Å². The van der Waals surface area contributed by atoms with E-state index in [1.165, 1.54) is 44.9 Å². The van der Waals surface area contributed by atoms with Crippen molar-refractivity contribution in [2.24, 2.45) is 5.92 Å². The molecule has 0 amide bonds. The van der Waals surface area contributed by atoms with Gasteiger partial charge in [0, 0.05) is 12.1 Å². The Morgan fingerprint density at radius 1 is 1.06 bits per heavy atom. The third-order valence-corrected chi connectivity index (χ3v) is 8.66. The van der Waals surface area contributed by atoms with Gasteiger partial charge in [0.1, 0.15) is 0 Å². The molecule has 0 N–H and O–H groups in total. The lowest BCUT2D eigenvalue weighted by Gasteiger charge is -2.43. The molecule has 0 bridgehead atoms. The fraction of sp³-hybridized carbons (Fsp3) is 1.00. The van der Waals surface area contributed by atoms with Crippen LogP contribution in [0.25, 0.3) is 0 Å².